The molecule has 44 heavy (non-hydrogen) atoms. The first kappa shape index (κ1) is 33.5. The number of aliphatic hydroxyl groups excluding tert-OH is 1. The largest absolute Gasteiger partial charge is 0.483 e. The predicted octanol–water partition coefficient (Wildman–Crippen LogP) is 3.95. The van der Waals surface area contributed by atoms with Crippen molar-refractivity contribution in [1.82, 2.24) is 15.2 Å². The zero-order chi connectivity index (χ0) is 31.7. The van der Waals surface area contributed by atoms with Crippen LogP contribution in [0.1, 0.15) is 66.9 Å². The van der Waals surface area contributed by atoms with Crippen LogP contribution >= 0.6 is 0 Å². The van der Waals surface area contributed by atoms with Crippen LogP contribution in [-0.2, 0) is 34.2 Å². The number of hydrogen-bond donors (Lipinski definition) is 4. The van der Waals surface area contributed by atoms with Crippen molar-refractivity contribution in [2.24, 2.45) is 5.92 Å². The summed E-state index contributed by atoms with van der Waals surface area (Å²) in [5.74, 6) is 0.463. The van der Waals surface area contributed by atoms with Crippen molar-refractivity contribution in [3.05, 3.63) is 65.4 Å². The zero-order valence-electron chi connectivity index (χ0n) is 25.7. The van der Waals surface area contributed by atoms with Crippen LogP contribution in [0.25, 0.3) is 10.9 Å². The number of nitrogens with one attached hydrogen (secondary N) is 2. The molecule has 0 bridgehead atoms. The molecular weight excluding hydrogens is 580 g/mol. The lowest BCUT2D eigenvalue weighted by atomic mass is 9.87. The molecule has 5 rings (SSSR count). The van der Waals surface area contributed by atoms with Crippen LogP contribution in [-0.4, -0.2) is 73.6 Å². The van der Waals surface area contributed by atoms with E-state index < -0.39 is 22.2 Å². The van der Waals surface area contributed by atoms with Crippen molar-refractivity contribution >= 4 is 39.0 Å². The summed E-state index contributed by atoms with van der Waals surface area (Å²) in [7, 11) is -1.94. The van der Waals surface area contributed by atoms with Gasteiger partial charge >= 0.3 is 0 Å². The van der Waals surface area contributed by atoms with Crippen molar-refractivity contribution < 1.29 is 28.2 Å². The van der Waals surface area contributed by atoms with Gasteiger partial charge in [-0.2, -0.15) is 0 Å². The highest BCUT2D eigenvalue weighted by Gasteiger charge is 2.30. The fourth-order valence-electron chi connectivity index (χ4n) is 6.42. The van der Waals surface area contributed by atoms with Gasteiger partial charge in [0, 0.05) is 37.3 Å². The number of aryl methyl sites for hydroxylation is 2. The van der Waals surface area contributed by atoms with Gasteiger partial charge in [-0.25, -0.2) is 8.42 Å². The summed E-state index contributed by atoms with van der Waals surface area (Å²) in [6, 6.07) is 12.9. The number of sulfonamides is 1. The van der Waals surface area contributed by atoms with E-state index in [1.54, 1.807) is 13.1 Å². The Labute approximate surface area is 260 Å². The predicted molar refractivity (Wildman–Crippen MR) is 174 cm³/mol. The van der Waals surface area contributed by atoms with Gasteiger partial charge in [-0.15, -0.1) is 0 Å². The molecule has 240 valence electrons. The summed E-state index contributed by atoms with van der Waals surface area (Å²) in [5.41, 5.74) is 3.76. The molecule has 2 aromatic carbocycles. The summed E-state index contributed by atoms with van der Waals surface area (Å²) in [6.07, 6.45) is 9.82. The quantitative estimate of drug-likeness (QED) is 0.187. The molecule has 1 aromatic heterocycles. The maximum atomic E-state index is 13.8. The highest BCUT2D eigenvalue weighted by Crippen LogP contribution is 2.37. The Morgan fingerprint density at radius 3 is 2.52 bits per heavy atom. The average molecular weight is 627 g/mol. The molecule has 0 unspecified atom stereocenters. The molecule has 2 aliphatic rings. The number of carbonyl (C=O) groups excluding carboxylic acids is 1. The first-order chi connectivity index (χ1) is 21.2. The van der Waals surface area contributed by atoms with Crippen molar-refractivity contribution in [2.75, 3.05) is 30.2 Å². The number of nitrogens with zero attached hydrogens (tertiary/aromatic N) is 2. The Balaban J connectivity index is 0.00000141. The van der Waals surface area contributed by atoms with Crippen LogP contribution in [0, 0.1) is 5.92 Å². The average Bonchev–Trinajstić information content (AvgIpc) is 3.36. The lowest BCUT2D eigenvalue weighted by Crippen LogP contribution is -2.49. The number of benzene rings is 2. The van der Waals surface area contributed by atoms with E-state index in [2.05, 4.69) is 15.2 Å². The molecule has 11 heteroatoms. The Hall–Kier alpha value is -3.41. The summed E-state index contributed by atoms with van der Waals surface area (Å²) < 4.78 is 29.2. The van der Waals surface area contributed by atoms with E-state index in [4.69, 9.17) is 9.90 Å². The third kappa shape index (κ3) is 8.19. The number of aromatic nitrogens is 1. The van der Waals surface area contributed by atoms with Gasteiger partial charge in [0.25, 0.3) is 12.4 Å². The Morgan fingerprint density at radius 2 is 1.84 bits per heavy atom. The number of aliphatic hydroxyl groups is 1. The summed E-state index contributed by atoms with van der Waals surface area (Å²) >= 11 is 0. The highest BCUT2D eigenvalue weighted by molar-refractivity contribution is 7.92. The van der Waals surface area contributed by atoms with Gasteiger partial charge < -0.3 is 25.4 Å². The molecule has 1 amide bonds. The Morgan fingerprint density at radius 1 is 1.14 bits per heavy atom. The van der Waals surface area contributed by atoms with E-state index in [-0.39, 0.29) is 18.1 Å². The van der Waals surface area contributed by atoms with E-state index in [0.29, 0.717) is 37.2 Å². The molecule has 2 atom stereocenters. The zero-order valence-corrected chi connectivity index (χ0v) is 26.6. The first-order valence-corrected chi connectivity index (χ1v) is 17.2. The van der Waals surface area contributed by atoms with E-state index in [1.165, 1.54) is 36.4 Å². The Bertz CT molecular complexity index is 1500. The number of carbonyl (C=O) groups is 2. The molecule has 2 heterocycles. The molecule has 0 saturated heterocycles. The monoisotopic (exact) mass is 626 g/mol. The minimum absolute atomic E-state index is 0.0294. The maximum Gasteiger partial charge on any atom is 0.290 e. The van der Waals surface area contributed by atoms with Gasteiger partial charge in [-0.05, 0) is 61.9 Å². The van der Waals surface area contributed by atoms with E-state index >= 15 is 0 Å². The van der Waals surface area contributed by atoms with Crippen LogP contribution in [0.3, 0.4) is 0 Å². The third-order valence-corrected chi connectivity index (χ3v) is 10.7. The lowest BCUT2D eigenvalue weighted by Gasteiger charge is -2.26. The number of anilines is 1. The maximum absolute atomic E-state index is 13.8. The minimum atomic E-state index is -3.50. The van der Waals surface area contributed by atoms with Crippen molar-refractivity contribution in [1.29, 1.82) is 0 Å². The van der Waals surface area contributed by atoms with Gasteiger partial charge in [-0.3, -0.25) is 13.9 Å². The van der Waals surface area contributed by atoms with E-state index in [1.807, 2.05) is 49.5 Å². The number of rotatable bonds is 11. The standard InChI is InChI=1S/C32H44N4O4S.CH2O2/c1-3-36-22-25-15-17-41(39,40)35(2)28-19-26(20-29(36)31(25)28)32(38)34-27(18-24-12-8-5-9-13-24)30(37)21-33-16-14-23-10-6-4-7-11-23;2-1-3/h5,8-9,12-13,19-20,22-23,27,30,33,37H,3-4,6-7,10-11,14-18,21H2,1-2H3,(H,34,38);1H,(H,2,3)/t27-,30+;/m0./s1. The van der Waals surface area contributed by atoms with Gasteiger partial charge in [0.1, 0.15) is 0 Å². The van der Waals surface area contributed by atoms with Crippen LogP contribution in [0.5, 0.6) is 0 Å². The molecule has 1 fully saturated rings. The Kier molecular flexibility index (Phi) is 11.8. The van der Waals surface area contributed by atoms with Crippen LogP contribution in [0.4, 0.5) is 5.69 Å². The van der Waals surface area contributed by atoms with Gasteiger partial charge in [0.2, 0.25) is 10.0 Å². The minimum Gasteiger partial charge on any atom is -0.483 e. The fourth-order valence-corrected chi connectivity index (χ4v) is 7.62. The molecule has 1 saturated carbocycles. The number of amides is 1. The molecule has 1 aliphatic carbocycles. The second-order valence-corrected chi connectivity index (χ2v) is 13.9. The van der Waals surface area contributed by atoms with Crippen LogP contribution in [0.15, 0.2) is 48.7 Å². The first-order valence-electron chi connectivity index (χ1n) is 15.6. The summed E-state index contributed by atoms with van der Waals surface area (Å²) in [5, 5.41) is 25.5. The second-order valence-electron chi connectivity index (χ2n) is 11.8. The SMILES string of the molecule is CCn1cc2c3c(cc(C(=O)N[C@@H](Cc4ccccc4)[C@H](O)CNCCC4CCCCC4)cc31)N(C)S(=O)(=O)CC2.O=CO. The molecule has 10 nitrogen and oxygen atoms in total. The number of carboxylic acid groups (broad SMARTS) is 1. The van der Waals surface area contributed by atoms with Crippen molar-refractivity contribution in [3.8, 4) is 0 Å². The smallest absolute Gasteiger partial charge is 0.290 e. The van der Waals surface area contributed by atoms with Crippen molar-refractivity contribution in [3.63, 3.8) is 0 Å². The summed E-state index contributed by atoms with van der Waals surface area (Å²) in [4.78, 5) is 22.1. The molecular formula is C33H46N4O6S. The van der Waals surface area contributed by atoms with E-state index in [9.17, 15) is 18.3 Å². The normalized spacial score (nSPS) is 17.7. The van der Waals surface area contributed by atoms with Crippen LogP contribution in [0.2, 0.25) is 0 Å². The van der Waals surface area contributed by atoms with Gasteiger partial charge in [0.15, 0.2) is 0 Å². The topological polar surface area (TPSA) is 141 Å². The summed E-state index contributed by atoms with van der Waals surface area (Å²) in [6.45, 7) is 3.73. The molecule has 4 N–H and O–H groups in total. The lowest BCUT2D eigenvalue weighted by molar-refractivity contribution is -0.122. The van der Waals surface area contributed by atoms with E-state index in [0.717, 1.165) is 40.9 Å². The van der Waals surface area contributed by atoms with Crippen LogP contribution < -0.4 is 14.9 Å². The molecule has 1 aliphatic heterocycles. The molecule has 3 aromatic rings. The van der Waals surface area contributed by atoms with Crippen molar-refractivity contribution in [2.45, 2.75) is 77.0 Å². The molecule has 0 radical (unpaired) electrons. The van der Waals surface area contributed by atoms with Gasteiger partial charge in [-0.1, -0.05) is 62.4 Å². The fraction of sp³-hybridized carbons (Fsp3) is 0.515. The van der Waals surface area contributed by atoms with Gasteiger partial charge in [0.05, 0.1) is 29.1 Å². The number of hydrogen-bond acceptors (Lipinski definition) is 6. The third-order valence-electron chi connectivity index (χ3n) is 8.91. The highest BCUT2D eigenvalue weighted by atomic mass is 32.2. The molecule has 0 spiro atoms. The second kappa shape index (κ2) is 15.5.